The van der Waals surface area contributed by atoms with Gasteiger partial charge in [-0.2, -0.15) is 13.8 Å². The van der Waals surface area contributed by atoms with Gasteiger partial charge in [0.2, 0.25) is 17.5 Å². The number of aromatic nitrogens is 4. The number of amides is 1. The van der Waals surface area contributed by atoms with Crippen LogP contribution >= 0.6 is 0 Å². The van der Waals surface area contributed by atoms with Crippen LogP contribution in [0.3, 0.4) is 0 Å². The molecular formula is C25H24F2N6O3. The molecule has 186 valence electrons. The molecule has 1 amide bonds. The topological polar surface area (TPSA) is 108 Å². The van der Waals surface area contributed by atoms with Gasteiger partial charge in [-0.15, -0.1) is 0 Å². The van der Waals surface area contributed by atoms with E-state index in [2.05, 4.69) is 28.4 Å². The number of nitrogens with two attached hydrogens (primary N) is 1. The number of nitrogen functional groups attached to an aromatic ring is 1. The average Bonchev–Trinajstić information content (AvgIpc) is 3.47. The number of halogens is 2. The molecule has 2 fully saturated rings. The number of carbonyl (C=O) groups excluding carboxylic acids is 1. The highest BCUT2D eigenvalue weighted by Crippen LogP contribution is 2.42. The Morgan fingerprint density at radius 3 is 2.44 bits per heavy atom. The Kier molecular flexibility index (Phi) is 5.96. The Hall–Kier alpha value is -4.20. The maximum Gasteiger partial charge on any atom is 0.254 e. The van der Waals surface area contributed by atoms with E-state index in [1.807, 2.05) is 4.40 Å². The minimum absolute atomic E-state index is 0.0779. The van der Waals surface area contributed by atoms with E-state index in [1.165, 1.54) is 20.3 Å². The smallest absolute Gasteiger partial charge is 0.254 e. The first-order chi connectivity index (χ1) is 17.4. The quantitative estimate of drug-likeness (QED) is 0.429. The standard InChI is InChI=1S/C25H24F2N6O3/c1-4-18(34)32-10-9-14(12-32)23-30-16(21-22(28)29-11-17(33(21)23)13-5-6-13)8-7-15-19(26)24(35-2)31-25(36-3)20(15)27/h4,11,13-14H,1,5-6,9-10,12H2,2-3H3,(H2,28,29)/t14-/m0/s1. The van der Waals surface area contributed by atoms with Crippen LogP contribution in [0.25, 0.3) is 5.52 Å². The fraction of sp³-hybridized carbons (Fsp3) is 0.360. The van der Waals surface area contributed by atoms with Gasteiger partial charge in [-0.25, -0.2) is 9.97 Å². The molecule has 1 aliphatic carbocycles. The molecule has 1 atom stereocenters. The average molecular weight is 495 g/mol. The van der Waals surface area contributed by atoms with E-state index in [-0.39, 0.29) is 23.3 Å². The number of hydrogen-bond donors (Lipinski definition) is 1. The number of imidazole rings is 1. The Morgan fingerprint density at radius 1 is 1.14 bits per heavy atom. The van der Waals surface area contributed by atoms with E-state index in [4.69, 9.17) is 20.2 Å². The summed E-state index contributed by atoms with van der Waals surface area (Å²) >= 11 is 0. The number of rotatable bonds is 5. The summed E-state index contributed by atoms with van der Waals surface area (Å²) in [5, 5.41) is 0. The molecule has 4 heterocycles. The maximum atomic E-state index is 14.8. The highest BCUT2D eigenvalue weighted by molar-refractivity contribution is 5.87. The van der Waals surface area contributed by atoms with Crippen LogP contribution in [-0.4, -0.2) is 57.5 Å². The van der Waals surface area contributed by atoms with Crippen molar-refractivity contribution in [2.24, 2.45) is 0 Å². The summed E-state index contributed by atoms with van der Waals surface area (Å²) in [5.74, 6) is 3.32. The van der Waals surface area contributed by atoms with Crippen LogP contribution in [0.4, 0.5) is 14.6 Å². The second kappa shape index (κ2) is 9.11. The lowest BCUT2D eigenvalue weighted by molar-refractivity contribution is -0.125. The van der Waals surface area contributed by atoms with E-state index >= 15 is 0 Å². The minimum Gasteiger partial charge on any atom is -0.479 e. The van der Waals surface area contributed by atoms with Crippen LogP contribution in [0.5, 0.6) is 11.8 Å². The third kappa shape index (κ3) is 3.88. The number of pyridine rings is 1. The number of likely N-dealkylation sites (tertiary alicyclic amines) is 1. The number of hydrogen-bond acceptors (Lipinski definition) is 7. The third-order valence-electron chi connectivity index (χ3n) is 6.49. The van der Waals surface area contributed by atoms with E-state index < -0.39 is 29.0 Å². The van der Waals surface area contributed by atoms with Crippen molar-refractivity contribution in [3.05, 3.63) is 53.3 Å². The molecule has 11 heteroatoms. The van der Waals surface area contributed by atoms with E-state index in [9.17, 15) is 13.6 Å². The van der Waals surface area contributed by atoms with Gasteiger partial charge in [0.15, 0.2) is 5.82 Å². The van der Waals surface area contributed by atoms with Gasteiger partial charge in [0.05, 0.1) is 14.2 Å². The van der Waals surface area contributed by atoms with Crippen LogP contribution in [0.2, 0.25) is 0 Å². The number of fused-ring (bicyclic) bond motifs is 1. The number of methoxy groups -OCH3 is 2. The fourth-order valence-corrected chi connectivity index (χ4v) is 4.52. The second-order valence-corrected chi connectivity index (χ2v) is 8.70. The molecule has 3 aromatic heterocycles. The molecule has 5 rings (SSSR count). The maximum absolute atomic E-state index is 14.8. The van der Waals surface area contributed by atoms with E-state index in [0.29, 0.717) is 36.8 Å². The minimum atomic E-state index is -1.05. The highest BCUT2D eigenvalue weighted by Gasteiger charge is 2.34. The Balaban J connectivity index is 1.67. The van der Waals surface area contributed by atoms with Gasteiger partial charge in [0.25, 0.3) is 11.8 Å². The summed E-state index contributed by atoms with van der Waals surface area (Å²) < 4.78 is 41.4. The van der Waals surface area contributed by atoms with Crippen molar-refractivity contribution in [2.45, 2.75) is 31.1 Å². The van der Waals surface area contributed by atoms with Gasteiger partial charge >= 0.3 is 0 Å². The Bertz CT molecular complexity index is 1430. The van der Waals surface area contributed by atoms with Crippen molar-refractivity contribution in [1.29, 1.82) is 0 Å². The molecule has 1 saturated carbocycles. The van der Waals surface area contributed by atoms with Crippen LogP contribution in [0.1, 0.15) is 53.9 Å². The molecule has 0 unspecified atom stereocenters. The Morgan fingerprint density at radius 2 is 1.83 bits per heavy atom. The number of ether oxygens (including phenoxy) is 2. The summed E-state index contributed by atoms with van der Waals surface area (Å²) in [6.45, 7) is 4.60. The molecule has 2 N–H and O–H groups in total. The van der Waals surface area contributed by atoms with Gasteiger partial charge in [0, 0.05) is 36.8 Å². The zero-order valence-corrected chi connectivity index (χ0v) is 19.8. The molecule has 1 aliphatic heterocycles. The van der Waals surface area contributed by atoms with Crippen molar-refractivity contribution in [2.75, 3.05) is 33.0 Å². The largest absolute Gasteiger partial charge is 0.479 e. The van der Waals surface area contributed by atoms with Crippen molar-refractivity contribution in [3.8, 4) is 23.6 Å². The Labute approximate surface area is 205 Å². The van der Waals surface area contributed by atoms with Gasteiger partial charge < -0.3 is 20.1 Å². The molecule has 36 heavy (non-hydrogen) atoms. The first-order valence-electron chi connectivity index (χ1n) is 11.4. The molecule has 1 saturated heterocycles. The van der Waals surface area contributed by atoms with Crippen LogP contribution in [0.15, 0.2) is 18.9 Å². The molecule has 0 spiro atoms. The van der Waals surface area contributed by atoms with Crippen molar-refractivity contribution < 1.29 is 23.0 Å². The summed E-state index contributed by atoms with van der Waals surface area (Å²) in [5.41, 5.74) is 7.36. The number of carbonyl (C=O) groups is 1. The lowest BCUT2D eigenvalue weighted by atomic mass is 10.1. The predicted octanol–water partition coefficient (Wildman–Crippen LogP) is 2.78. The molecule has 0 radical (unpaired) electrons. The SMILES string of the molecule is C=CC(=O)N1CC[C@H](c2nc(C#Cc3c(F)c(OC)nc(OC)c3F)c3c(N)ncc(C4CC4)n23)C1. The highest BCUT2D eigenvalue weighted by atomic mass is 19.1. The normalized spacial score (nSPS) is 17.1. The molecule has 9 nitrogen and oxygen atoms in total. The van der Waals surface area contributed by atoms with Crippen LogP contribution in [-0.2, 0) is 4.79 Å². The first kappa shape index (κ1) is 23.5. The van der Waals surface area contributed by atoms with Crippen molar-refractivity contribution in [3.63, 3.8) is 0 Å². The summed E-state index contributed by atoms with van der Waals surface area (Å²) in [7, 11) is 2.42. The van der Waals surface area contributed by atoms with Gasteiger partial charge in [-0.05, 0) is 31.3 Å². The third-order valence-corrected chi connectivity index (χ3v) is 6.49. The molecule has 2 aliphatic rings. The monoisotopic (exact) mass is 494 g/mol. The number of nitrogens with zero attached hydrogens (tertiary/aromatic N) is 5. The first-order valence-corrected chi connectivity index (χ1v) is 11.4. The van der Waals surface area contributed by atoms with Gasteiger partial charge in [0.1, 0.15) is 22.6 Å². The summed E-state index contributed by atoms with van der Waals surface area (Å²) in [6, 6.07) is 0. The lowest BCUT2D eigenvalue weighted by Crippen LogP contribution is -2.26. The van der Waals surface area contributed by atoms with E-state index in [0.717, 1.165) is 18.5 Å². The van der Waals surface area contributed by atoms with E-state index in [1.54, 1.807) is 11.1 Å². The van der Waals surface area contributed by atoms with Crippen molar-refractivity contribution in [1.82, 2.24) is 24.3 Å². The zero-order chi connectivity index (χ0) is 25.6. The molecule has 0 aromatic carbocycles. The molecule has 3 aromatic rings. The fourth-order valence-electron chi connectivity index (χ4n) is 4.52. The zero-order valence-electron chi connectivity index (χ0n) is 19.8. The summed E-state index contributed by atoms with van der Waals surface area (Å²) in [6.07, 6.45) is 5.75. The van der Waals surface area contributed by atoms with Gasteiger partial charge in [-0.3, -0.25) is 9.20 Å². The summed E-state index contributed by atoms with van der Waals surface area (Å²) in [4.78, 5) is 26.6. The number of anilines is 1. The van der Waals surface area contributed by atoms with Crippen LogP contribution < -0.4 is 15.2 Å². The van der Waals surface area contributed by atoms with Gasteiger partial charge in [-0.1, -0.05) is 12.5 Å². The van der Waals surface area contributed by atoms with Crippen molar-refractivity contribution >= 4 is 17.2 Å². The van der Waals surface area contributed by atoms with Crippen LogP contribution in [0, 0.1) is 23.5 Å². The lowest BCUT2D eigenvalue weighted by Gasteiger charge is -2.15. The molecule has 0 bridgehead atoms. The molecular weight excluding hydrogens is 470 g/mol. The second-order valence-electron chi connectivity index (χ2n) is 8.70. The predicted molar refractivity (Wildman–Crippen MR) is 127 cm³/mol.